The maximum absolute atomic E-state index is 12.6. The summed E-state index contributed by atoms with van der Waals surface area (Å²) in [6, 6.07) is 10.3. The molecule has 1 saturated heterocycles. The minimum atomic E-state index is 0.162. The highest BCUT2D eigenvalue weighted by Gasteiger charge is 2.31. The molecular formula is C18H23N5O. The van der Waals surface area contributed by atoms with Gasteiger partial charge in [0.15, 0.2) is 11.6 Å². The smallest absolute Gasteiger partial charge is 0.227 e. The zero-order valence-electron chi connectivity index (χ0n) is 14.1. The molecule has 4 rings (SSSR count). The fourth-order valence-corrected chi connectivity index (χ4v) is 3.76. The second-order valence-electron chi connectivity index (χ2n) is 6.74. The molecule has 0 aliphatic carbocycles. The molecule has 3 heterocycles. The van der Waals surface area contributed by atoms with Crippen LogP contribution in [0.4, 0.5) is 0 Å². The number of hydrogen-bond donors (Lipinski definition) is 0. The first-order valence-electron chi connectivity index (χ1n) is 8.66. The standard InChI is InChI=1S/C18H23N5O/c1-21-9-5-8-15(21)18-20-19-16-13-22(10-11-23(16)18)17(24)12-14-6-3-2-4-7-14/h2-4,6-7,15H,5,8-13H2,1H3. The lowest BCUT2D eigenvalue weighted by Gasteiger charge is -2.29. The molecule has 1 aromatic carbocycles. The summed E-state index contributed by atoms with van der Waals surface area (Å²) in [6.07, 6.45) is 2.81. The van der Waals surface area contributed by atoms with Crippen molar-refractivity contribution in [2.45, 2.75) is 38.4 Å². The van der Waals surface area contributed by atoms with Crippen LogP contribution in [0.3, 0.4) is 0 Å². The maximum Gasteiger partial charge on any atom is 0.227 e. The molecule has 0 spiro atoms. The van der Waals surface area contributed by atoms with Crippen LogP contribution in [-0.4, -0.2) is 50.6 Å². The summed E-state index contributed by atoms with van der Waals surface area (Å²) in [6.45, 7) is 3.21. The molecule has 1 unspecified atom stereocenters. The second kappa shape index (κ2) is 6.36. The molecule has 1 atom stereocenters. The van der Waals surface area contributed by atoms with Crippen molar-refractivity contribution < 1.29 is 4.79 Å². The average molecular weight is 325 g/mol. The van der Waals surface area contributed by atoms with Gasteiger partial charge in [-0.3, -0.25) is 9.69 Å². The van der Waals surface area contributed by atoms with Gasteiger partial charge in [-0.25, -0.2) is 0 Å². The first-order valence-corrected chi connectivity index (χ1v) is 8.66. The molecule has 0 radical (unpaired) electrons. The quantitative estimate of drug-likeness (QED) is 0.861. The highest BCUT2D eigenvalue weighted by Crippen LogP contribution is 2.30. The van der Waals surface area contributed by atoms with E-state index in [4.69, 9.17) is 0 Å². The Labute approximate surface area is 142 Å². The highest BCUT2D eigenvalue weighted by atomic mass is 16.2. The summed E-state index contributed by atoms with van der Waals surface area (Å²) in [5.41, 5.74) is 1.06. The fraction of sp³-hybridized carbons (Fsp3) is 0.500. The van der Waals surface area contributed by atoms with Gasteiger partial charge in [0.05, 0.1) is 19.0 Å². The summed E-state index contributed by atoms with van der Waals surface area (Å²) < 4.78 is 2.22. The van der Waals surface area contributed by atoms with E-state index in [0.717, 1.165) is 43.3 Å². The molecule has 6 nitrogen and oxygen atoms in total. The first kappa shape index (κ1) is 15.3. The Morgan fingerprint density at radius 1 is 1.17 bits per heavy atom. The van der Waals surface area contributed by atoms with Crippen molar-refractivity contribution in [1.29, 1.82) is 0 Å². The number of amides is 1. The Morgan fingerprint density at radius 3 is 2.75 bits per heavy atom. The number of aromatic nitrogens is 3. The first-order chi connectivity index (χ1) is 11.7. The van der Waals surface area contributed by atoms with Gasteiger partial charge in [-0.15, -0.1) is 10.2 Å². The molecule has 6 heteroatoms. The summed E-state index contributed by atoms with van der Waals surface area (Å²) in [5.74, 6) is 2.15. The van der Waals surface area contributed by atoms with Gasteiger partial charge in [0.2, 0.25) is 5.91 Å². The third kappa shape index (κ3) is 2.82. The van der Waals surface area contributed by atoms with Crippen LogP contribution in [0.1, 0.15) is 36.1 Å². The van der Waals surface area contributed by atoms with Crippen molar-refractivity contribution in [3.05, 3.63) is 47.5 Å². The van der Waals surface area contributed by atoms with Crippen LogP contribution in [0.5, 0.6) is 0 Å². The van der Waals surface area contributed by atoms with Gasteiger partial charge >= 0.3 is 0 Å². The van der Waals surface area contributed by atoms with Crippen LogP contribution in [0.25, 0.3) is 0 Å². The zero-order chi connectivity index (χ0) is 16.5. The third-order valence-electron chi connectivity index (χ3n) is 5.15. The zero-order valence-corrected chi connectivity index (χ0v) is 14.1. The lowest BCUT2D eigenvalue weighted by molar-refractivity contribution is -0.132. The number of carbonyl (C=O) groups excluding carboxylic acids is 1. The monoisotopic (exact) mass is 325 g/mol. The number of likely N-dealkylation sites (tertiary alicyclic amines) is 1. The lowest BCUT2D eigenvalue weighted by atomic mass is 10.1. The normalized spacial score (nSPS) is 21.0. The summed E-state index contributed by atoms with van der Waals surface area (Å²) in [7, 11) is 2.15. The molecule has 2 aliphatic heterocycles. The SMILES string of the molecule is CN1CCCC1c1nnc2n1CCN(C(=O)Cc1ccccc1)C2. The molecule has 1 fully saturated rings. The molecule has 0 bridgehead atoms. The van der Waals surface area contributed by atoms with Crippen LogP contribution in [-0.2, 0) is 24.3 Å². The van der Waals surface area contributed by atoms with E-state index in [1.54, 1.807) is 0 Å². The molecule has 1 aromatic heterocycles. The van der Waals surface area contributed by atoms with E-state index in [1.807, 2.05) is 35.2 Å². The maximum atomic E-state index is 12.6. The Hall–Kier alpha value is -2.21. The molecule has 0 saturated carbocycles. The molecule has 2 aliphatic rings. The van der Waals surface area contributed by atoms with Crippen LogP contribution < -0.4 is 0 Å². The molecular weight excluding hydrogens is 302 g/mol. The van der Waals surface area contributed by atoms with Crippen molar-refractivity contribution in [2.24, 2.45) is 0 Å². The van der Waals surface area contributed by atoms with Crippen molar-refractivity contribution >= 4 is 5.91 Å². The van der Waals surface area contributed by atoms with Gasteiger partial charge in [0.1, 0.15) is 0 Å². The van der Waals surface area contributed by atoms with Crippen molar-refractivity contribution in [2.75, 3.05) is 20.1 Å². The van der Waals surface area contributed by atoms with E-state index >= 15 is 0 Å². The predicted octanol–water partition coefficient (Wildman–Crippen LogP) is 1.63. The van der Waals surface area contributed by atoms with E-state index in [-0.39, 0.29) is 5.91 Å². The molecule has 24 heavy (non-hydrogen) atoms. The highest BCUT2D eigenvalue weighted by molar-refractivity contribution is 5.78. The van der Waals surface area contributed by atoms with Crippen molar-refractivity contribution in [3.8, 4) is 0 Å². The van der Waals surface area contributed by atoms with E-state index in [2.05, 4.69) is 26.7 Å². The van der Waals surface area contributed by atoms with Crippen LogP contribution in [0.15, 0.2) is 30.3 Å². The summed E-state index contributed by atoms with van der Waals surface area (Å²) >= 11 is 0. The van der Waals surface area contributed by atoms with Gasteiger partial charge < -0.3 is 9.47 Å². The Kier molecular flexibility index (Phi) is 4.06. The van der Waals surface area contributed by atoms with E-state index in [9.17, 15) is 4.79 Å². The van der Waals surface area contributed by atoms with Crippen molar-refractivity contribution in [3.63, 3.8) is 0 Å². The van der Waals surface area contributed by atoms with Crippen molar-refractivity contribution in [1.82, 2.24) is 24.6 Å². The Balaban J connectivity index is 1.47. The minimum absolute atomic E-state index is 0.162. The minimum Gasteiger partial charge on any atom is -0.333 e. The number of nitrogens with zero attached hydrogens (tertiary/aromatic N) is 5. The van der Waals surface area contributed by atoms with Gasteiger partial charge in [0.25, 0.3) is 0 Å². The number of rotatable bonds is 3. The number of fused-ring (bicyclic) bond motifs is 1. The van der Waals surface area contributed by atoms with Gasteiger partial charge in [-0.1, -0.05) is 30.3 Å². The third-order valence-corrected chi connectivity index (χ3v) is 5.15. The summed E-state index contributed by atoms with van der Waals surface area (Å²) in [5, 5.41) is 8.81. The lowest BCUT2D eigenvalue weighted by Crippen LogP contribution is -2.40. The predicted molar refractivity (Wildman–Crippen MR) is 90.2 cm³/mol. The van der Waals surface area contributed by atoms with Crippen LogP contribution in [0.2, 0.25) is 0 Å². The largest absolute Gasteiger partial charge is 0.333 e. The molecule has 0 N–H and O–H groups in total. The van der Waals surface area contributed by atoms with Gasteiger partial charge in [-0.05, 0) is 32.0 Å². The van der Waals surface area contributed by atoms with E-state index in [0.29, 0.717) is 19.0 Å². The average Bonchev–Trinajstić information content (AvgIpc) is 3.20. The molecule has 1 amide bonds. The van der Waals surface area contributed by atoms with Gasteiger partial charge in [0, 0.05) is 13.1 Å². The Morgan fingerprint density at radius 2 is 2.00 bits per heavy atom. The second-order valence-corrected chi connectivity index (χ2v) is 6.74. The van der Waals surface area contributed by atoms with Crippen LogP contribution >= 0.6 is 0 Å². The molecule has 126 valence electrons. The molecule has 2 aromatic rings. The number of carbonyl (C=O) groups is 1. The summed E-state index contributed by atoms with van der Waals surface area (Å²) in [4.78, 5) is 16.8. The fourth-order valence-electron chi connectivity index (χ4n) is 3.76. The van der Waals surface area contributed by atoms with Gasteiger partial charge in [-0.2, -0.15) is 0 Å². The number of benzene rings is 1. The van der Waals surface area contributed by atoms with E-state index in [1.165, 1.54) is 6.42 Å². The van der Waals surface area contributed by atoms with Crippen LogP contribution in [0, 0.1) is 0 Å². The number of hydrogen-bond acceptors (Lipinski definition) is 4. The Bertz CT molecular complexity index is 726. The topological polar surface area (TPSA) is 54.3 Å². The van der Waals surface area contributed by atoms with E-state index < -0.39 is 0 Å².